The Morgan fingerprint density at radius 3 is 2.82 bits per heavy atom. The van der Waals surface area contributed by atoms with Crippen molar-refractivity contribution in [1.29, 1.82) is 0 Å². The fourth-order valence-electron chi connectivity index (χ4n) is 2.17. The molecule has 3 nitrogen and oxygen atoms in total. The van der Waals surface area contributed by atoms with E-state index in [4.69, 9.17) is 9.84 Å². The van der Waals surface area contributed by atoms with Crippen LogP contribution in [0.3, 0.4) is 0 Å². The van der Waals surface area contributed by atoms with E-state index in [1.54, 1.807) is 0 Å². The minimum atomic E-state index is 0.320. The molecule has 0 atom stereocenters. The molecule has 1 aliphatic heterocycles. The molecule has 2 rings (SSSR count). The molecule has 1 aromatic carbocycles. The zero-order valence-corrected chi connectivity index (χ0v) is 10.3. The molecule has 0 amide bonds. The molecule has 0 aliphatic carbocycles. The van der Waals surface area contributed by atoms with Crippen LogP contribution in [-0.2, 0) is 6.54 Å². The molecular formula is C14H21NO2. The number of unbranched alkanes of at least 4 members (excludes halogenated alkanes) is 3. The van der Waals surface area contributed by atoms with Crippen molar-refractivity contribution in [1.82, 2.24) is 4.90 Å². The first-order valence-electron chi connectivity index (χ1n) is 6.44. The van der Waals surface area contributed by atoms with Gasteiger partial charge in [0.2, 0.25) is 0 Å². The predicted octanol–water partition coefficient (Wildman–Crippen LogP) is 2.39. The highest BCUT2D eigenvalue weighted by Gasteiger charge is 2.15. The van der Waals surface area contributed by atoms with Crippen LogP contribution in [0, 0.1) is 0 Å². The van der Waals surface area contributed by atoms with E-state index in [0.29, 0.717) is 13.3 Å². The quantitative estimate of drug-likeness (QED) is 0.768. The third-order valence-electron chi connectivity index (χ3n) is 3.15. The van der Waals surface area contributed by atoms with Gasteiger partial charge in [-0.1, -0.05) is 31.0 Å². The first kappa shape index (κ1) is 12.4. The molecule has 1 aliphatic rings. The summed E-state index contributed by atoms with van der Waals surface area (Å²) in [6.45, 7) is 3.10. The number of nitrogens with zero attached hydrogens (tertiary/aromatic N) is 1. The van der Waals surface area contributed by atoms with Crippen LogP contribution in [0.4, 0.5) is 0 Å². The van der Waals surface area contributed by atoms with Crippen molar-refractivity contribution in [2.24, 2.45) is 0 Å². The lowest BCUT2D eigenvalue weighted by atomic mass is 10.1. The summed E-state index contributed by atoms with van der Waals surface area (Å²) in [5.74, 6) is 1.03. The van der Waals surface area contributed by atoms with E-state index in [1.165, 1.54) is 18.4 Å². The summed E-state index contributed by atoms with van der Waals surface area (Å²) >= 11 is 0. The fraction of sp³-hybridized carbons (Fsp3) is 0.571. The number of aliphatic hydroxyl groups is 1. The third kappa shape index (κ3) is 3.72. The number of fused-ring (bicyclic) bond motifs is 1. The Morgan fingerprint density at radius 2 is 1.94 bits per heavy atom. The van der Waals surface area contributed by atoms with Crippen molar-refractivity contribution in [2.45, 2.75) is 32.2 Å². The Bertz CT molecular complexity index is 341. The first-order chi connectivity index (χ1) is 8.40. The van der Waals surface area contributed by atoms with E-state index in [1.807, 2.05) is 12.1 Å². The largest absolute Gasteiger partial charge is 0.478 e. The predicted molar refractivity (Wildman–Crippen MR) is 67.9 cm³/mol. The highest BCUT2D eigenvalue weighted by molar-refractivity contribution is 5.34. The van der Waals surface area contributed by atoms with Crippen molar-refractivity contribution in [3.8, 4) is 5.75 Å². The number of benzene rings is 1. The van der Waals surface area contributed by atoms with Gasteiger partial charge >= 0.3 is 0 Å². The first-order valence-corrected chi connectivity index (χ1v) is 6.44. The number of hydrogen-bond acceptors (Lipinski definition) is 3. The van der Waals surface area contributed by atoms with Crippen LogP contribution >= 0.6 is 0 Å². The normalized spacial score (nSPS) is 15.4. The van der Waals surface area contributed by atoms with Crippen molar-refractivity contribution in [3.05, 3.63) is 29.8 Å². The lowest BCUT2D eigenvalue weighted by Crippen LogP contribution is -2.32. The van der Waals surface area contributed by atoms with Gasteiger partial charge in [-0.25, -0.2) is 0 Å². The average Bonchev–Trinajstić information content (AvgIpc) is 2.38. The molecule has 3 heteroatoms. The van der Waals surface area contributed by atoms with Gasteiger partial charge < -0.3 is 9.84 Å². The smallest absolute Gasteiger partial charge is 0.142 e. The standard InChI is InChI=1S/C14H21NO2/c16-10-6-2-1-5-9-15-11-13-7-3-4-8-14(13)17-12-15/h3-4,7-8,16H,1-2,5-6,9-12H2. The minimum Gasteiger partial charge on any atom is -0.478 e. The van der Waals surface area contributed by atoms with Crippen LogP contribution in [0.15, 0.2) is 24.3 Å². The zero-order chi connectivity index (χ0) is 11.9. The Hall–Kier alpha value is -1.06. The lowest BCUT2D eigenvalue weighted by Gasteiger charge is -2.28. The SMILES string of the molecule is OCCCCCCN1COc2ccccc2C1. The van der Waals surface area contributed by atoms with Gasteiger partial charge in [0.1, 0.15) is 12.5 Å². The minimum absolute atomic E-state index is 0.320. The van der Waals surface area contributed by atoms with E-state index in [9.17, 15) is 0 Å². The Kier molecular flexibility index (Phi) is 4.83. The number of rotatable bonds is 6. The van der Waals surface area contributed by atoms with Crippen molar-refractivity contribution >= 4 is 0 Å². The Morgan fingerprint density at radius 1 is 1.12 bits per heavy atom. The summed E-state index contributed by atoms with van der Waals surface area (Å²) < 4.78 is 5.70. The lowest BCUT2D eigenvalue weighted by molar-refractivity contribution is 0.0934. The highest BCUT2D eigenvalue weighted by atomic mass is 16.5. The highest BCUT2D eigenvalue weighted by Crippen LogP contribution is 2.24. The van der Waals surface area contributed by atoms with Gasteiger partial charge in [-0.05, 0) is 18.9 Å². The van der Waals surface area contributed by atoms with Gasteiger partial charge in [0.25, 0.3) is 0 Å². The summed E-state index contributed by atoms with van der Waals surface area (Å²) in [4.78, 5) is 2.33. The average molecular weight is 235 g/mol. The third-order valence-corrected chi connectivity index (χ3v) is 3.15. The molecule has 0 unspecified atom stereocenters. The summed E-state index contributed by atoms with van der Waals surface area (Å²) in [5, 5.41) is 8.69. The molecule has 0 saturated carbocycles. The molecule has 0 aromatic heterocycles. The van der Waals surface area contributed by atoms with Crippen LogP contribution in [0.25, 0.3) is 0 Å². The summed E-state index contributed by atoms with van der Waals surface area (Å²) in [6.07, 6.45) is 4.44. The molecule has 0 bridgehead atoms. The van der Waals surface area contributed by atoms with Gasteiger partial charge in [-0.3, -0.25) is 4.90 Å². The maximum Gasteiger partial charge on any atom is 0.142 e. The monoisotopic (exact) mass is 235 g/mol. The van der Waals surface area contributed by atoms with Gasteiger partial charge in [-0.15, -0.1) is 0 Å². The van der Waals surface area contributed by atoms with Crippen LogP contribution < -0.4 is 4.74 Å². The topological polar surface area (TPSA) is 32.7 Å². The van der Waals surface area contributed by atoms with Gasteiger partial charge in [0.05, 0.1) is 0 Å². The second kappa shape index (κ2) is 6.62. The van der Waals surface area contributed by atoms with Gasteiger partial charge in [-0.2, -0.15) is 0 Å². The van der Waals surface area contributed by atoms with E-state index in [0.717, 1.165) is 31.7 Å². The van der Waals surface area contributed by atoms with Crippen LogP contribution in [0.2, 0.25) is 0 Å². The maximum atomic E-state index is 8.69. The second-order valence-corrected chi connectivity index (χ2v) is 4.57. The molecule has 94 valence electrons. The van der Waals surface area contributed by atoms with Crippen LogP contribution in [-0.4, -0.2) is 29.9 Å². The molecule has 0 saturated heterocycles. The number of hydrogen-bond donors (Lipinski definition) is 1. The Balaban J connectivity index is 1.71. The fourth-order valence-corrected chi connectivity index (χ4v) is 2.17. The maximum absolute atomic E-state index is 8.69. The molecule has 1 N–H and O–H groups in total. The van der Waals surface area contributed by atoms with Crippen molar-refractivity contribution in [2.75, 3.05) is 19.9 Å². The van der Waals surface area contributed by atoms with E-state index in [-0.39, 0.29) is 0 Å². The van der Waals surface area contributed by atoms with Crippen LogP contribution in [0.5, 0.6) is 5.75 Å². The number of para-hydroxylation sites is 1. The molecule has 1 aromatic rings. The second-order valence-electron chi connectivity index (χ2n) is 4.57. The summed E-state index contributed by atoms with van der Waals surface area (Å²) in [6, 6.07) is 8.25. The number of ether oxygens (including phenoxy) is 1. The Labute approximate surface area is 103 Å². The molecule has 1 heterocycles. The van der Waals surface area contributed by atoms with Gasteiger partial charge in [0.15, 0.2) is 0 Å². The van der Waals surface area contributed by atoms with E-state index < -0.39 is 0 Å². The zero-order valence-electron chi connectivity index (χ0n) is 10.3. The van der Waals surface area contributed by atoms with Crippen LogP contribution in [0.1, 0.15) is 31.2 Å². The molecule has 17 heavy (non-hydrogen) atoms. The van der Waals surface area contributed by atoms with E-state index >= 15 is 0 Å². The van der Waals surface area contributed by atoms with Crippen molar-refractivity contribution in [3.63, 3.8) is 0 Å². The molecule has 0 fully saturated rings. The van der Waals surface area contributed by atoms with Gasteiger partial charge in [0, 0.05) is 25.3 Å². The number of aliphatic hydroxyl groups excluding tert-OH is 1. The summed E-state index contributed by atoms with van der Waals surface area (Å²) in [5.41, 5.74) is 1.29. The molecular weight excluding hydrogens is 214 g/mol. The van der Waals surface area contributed by atoms with E-state index in [2.05, 4.69) is 17.0 Å². The van der Waals surface area contributed by atoms with Crippen molar-refractivity contribution < 1.29 is 9.84 Å². The molecule has 0 spiro atoms. The summed E-state index contributed by atoms with van der Waals surface area (Å²) in [7, 11) is 0. The molecule has 0 radical (unpaired) electrons.